The number of ketones is 1. The normalized spacial score (nSPS) is 14.8. The molecule has 0 radical (unpaired) electrons. The van der Waals surface area contributed by atoms with E-state index in [0.717, 1.165) is 30.1 Å². The molecule has 0 aliphatic carbocycles. The van der Waals surface area contributed by atoms with Gasteiger partial charge in [-0.25, -0.2) is 4.98 Å². The predicted molar refractivity (Wildman–Crippen MR) is 61.4 cm³/mol. The molecule has 2 heterocycles. The summed E-state index contributed by atoms with van der Waals surface area (Å²) in [5.74, 6) is 0.0610. The summed E-state index contributed by atoms with van der Waals surface area (Å²) in [6.07, 6.45) is 2.98. The molecule has 2 rings (SSSR count). The molecule has 3 nitrogen and oxygen atoms in total. The average molecular weight is 222 g/mol. The summed E-state index contributed by atoms with van der Waals surface area (Å²) >= 11 is 1.59. The smallest absolute Gasteiger partial charge is 0.178 e. The van der Waals surface area contributed by atoms with Gasteiger partial charge in [-0.3, -0.25) is 4.79 Å². The van der Waals surface area contributed by atoms with Crippen LogP contribution >= 0.6 is 11.8 Å². The number of aromatic nitrogens is 1. The Labute approximate surface area is 93.7 Å². The van der Waals surface area contributed by atoms with E-state index in [2.05, 4.69) is 16.4 Å². The van der Waals surface area contributed by atoms with E-state index in [1.54, 1.807) is 18.7 Å². The highest BCUT2D eigenvalue weighted by molar-refractivity contribution is 7.98. The van der Waals surface area contributed by atoms with E-state index in [1.807, 2.05) is 6.26 Å². The quantitative estimate of drug-likeness (QED) is 0.610. The first-order valence-corrected chi connectivity index (χ1v) is 6.23. The van der Waals surface area contributed by atoms with E-state index in [0.29, 0.717) is 5.69 Å². The van der Waals surface area contributed by atoms with Gasteiger partial charge in [0.2, 0.25) is 0 Å². The van der Waals surface area contributed by atoms with Crippen LogP contribution in [-0.4, -0.2) is 23.6 Å². The van der Waals surface area contributed by atoms with E-state index in [1.165, 1.54) is 5.56 Å². The zero-order chi connectivity index (χ0) is 10.8. The van der Waals surface area contributed by atoms with Crippen LogP contribution in [0.4, 0.5) is 0 Å². The number of pyridine rings is 1. The Bertz CT molecular complexity index is 404. The lowest BCUT2D eigenvalue weighted by Crippen LogP contribution is -2.26. The molecule has 15 heavy (non-hydrogen) atoms. The van der Waals surface area contributed by atoms with Crippen LogP contribution in [0.15, 0.2) is 11.1 Å². The fourth-order valence-corrected chi connectivity index (χ4v) is 2.29. The maximum absolute atomic E-state index is 11.5. The molecule has 1 aromatic heterocycles. The van der Waals surface area contributed by atoms with Crippen molar-refractivity contribution in [3.63, 3.8) is 0 Å². The van der Waals surface area contributed by atoms with E-state index < -0.39 is 0 Å². The Morgan fingerprint density at radius 3 is 3.07 bits per heavy atom. The fraction of sp³-hybridized carbons (Fsp3) is 0.455. The summed E-state index contributed by atoms with van der Waals surface area (Å²) in [5.41, 5.74) is 3.01. The number of thioether (sulfide) groups is 1. The number of hydrogen-bond acceptors (Lipinski definition) is 4. The molecular weight excluding hydrogens is 208 g/mol. The lowest BCUT2D eigenvalue weighted by molar-refractivity contribution is 0.101. The maximum atomic E-state index is 11.5. The van der Waals surface area contributed by atoms with E-state index >= 15 is 0 Å². The molecule has 0 unspecified atom stereocenters. The van der Waals surface area contributed by atoms with Gasteiger partial charge in [0.05, 0.1) is 5.03 Å². The number of Topliss-reactive ketones (excluding diaryl/α,β-unsaturated/α-hetero) is 1. The van der Waals surface area contributed by atoms with Gasteiger partial charge in [-0.05, 0) is 36.4 Å². The van der Waals surface area contributed by atoms with Gasteiger partial charge in [0.15, 0.2) is 5.78 Å². The molecule has 4 heteroatoms. The van der Waals surface area contributed by atoms with Gasteiger partial charge >= 0.3 is 0 Å². The van der Waals surface area contributed by atoms with Crippen molar-refractivity contribution in [1.82, 2.24) is 10.3 Å². The number of nitrogens with zero attached hydrogens (tertiary/aromatic N) is 1. The SMILES string of the molecule is CSc1cc2c(c(C(C)=O)n1)CNCC2. The molecule has 1 aliphatic rings. The van der Waals surface area contributed by atoms with Crippen LogP contribution < -0.4 is 5.32 Å². The van der Waals surface area contributed by atoms with Crippen LogP contribution in [0.2, 0.25) is 0 Å². The summed E-state index contributed by atoms with van der Waals surface area (Å²) in [6.45, 7) is 3.34. The van der Waals surface area contributed by atoms with Crippen LogP contribution in [0.5, 0.6) is 0 Å². The van der Waals surface area contributed by atoms with Crippen molar-refractivity contribution in [2.45, 2.75) is 24.9 Å². The molecule has 1 N–H and O–H groups in total. The molecule has 0 aromatic carbocycles. The highest BCUT2D eigenvalue weighted by Crippen LogP contribution is 2.23. The van der Waals surface area contributed by atoms with Crippen LogP contribution in [0.1, 0.15) is 28.5 Å². The van der Waals surface area contributed by atoms with Crippen LogP contribution in [0.25, 0.3) is 0 Å². The molecule has 1 aliphatic heterocycles. The largest absolute Gasteiger partial charge is 0.312 e. The minimum absolute atomic E-state index is 0.0610. The highest BCUT2D eigenvalue weighted by atomic mass is 32.2. The highest BCUT2D eigenvalue weighted by Gasteiger charge is 2.17. The van der Waals surface area contributed by atoms with Crippen LogP contribution in [0, 0.1) is 0 Å². The van der Waals surface area contributed by atoms with E-state index in [4.69, 9.17) is 0 Å². The third kappa shape index (κ3) is 2.06. The maximum Gasteiger partial charge on any atom is 0.178 e. The van der Waals surface area contributed by atoms with E-state index in [-0.39, 0.29) is 5.78 Å². The standard InChI is InChI=1S/C11H14N2OS/c1-7(14)11-9-6-12-4-3-8(9)5-10(13-11)15-2/h5,12H,3-4,6H2,1-2H3. The van der Waals surface area contributed by atoms with Crippen molar-refractivity contribution in [1.29, 1.82) is 0 Å². The third-order valence-corrected chi connectivity index (χ3v) is 3.24. The van der Waals surface area contributed by atoms with Gasteiger partial charge in [0, 0.05) is 13.5 Å². The van der Waals surface area contributed by atoms with Crippen molar-refractivity contribution < 1.29 is 4.79 Å². The summed E-state index contributed by atoms with van der Waals surface area (Å²) in [4.78, 5) is 15.9. The summed E-state index contributed by atoms with van der Waals surface area (Å²) in [5, 5.41) is 4.22. The second-order valence-corrected chi connectivity index (χ2v) is 4.46. The fourth-order valence-electron chi connectivity index (χ4n) is 1.85. The van der Waals surface area contributed by atoms with E-state index in [9.17, 15) is 4.79 Å². The van der Waals surface area contributed by atoms with Gasteiger partial charge in [0.25, 0.3) is 0 Å². The van der Waals surface area contributed by atoms with Crippen molar-refractivity contribution in [2.75, 3.05) is 12.8 Å². The number of rotatable bonds is 2. The van der Waals surface area contributed by atoms with Crippen molar-refractivity contribution >= 4 is 17.5 Å². The number of nitrogens with one attached hydrogen (secondary N) is 1. The lowest BCUT2D eigenvalue weighted by atomic mass is 9.99. The molecule has 0 atom stereocenters. The Morgan fingerprint density at radius 2 is 2.40 bits per heavy atom. The third-order valence-electron chi connectivity index (χ3n) is 2.61. The first kappa shape index (κ1) is 10.6. The molecule has 1 aromatic rings. The summed E-state index contributed by atoms with van der Waals surface area (Å²) in [6, 6.07) is 2.10. The van der Waals surface area contributed by atoms with Gasteiger partial charge in [-0.1, -0.05) is 0 Å². The first-order valence-electron chi connectivity index (χ1n) is 5.01. The molecule has 0 fully saturated rings. The van der Waals surface area contributed by atoms with Gasteiger partial charge in [-0.15, -0.1) is 11.8 Å². The number of hydrogen-bond donors (Lipinski definition) is 1. The average Bonchev–Trinajstić information content (AvgIpc) is 2.27. The Balaban J connectivity index is 2.55. The van der Waals surface area contributed by atoms with Crippen molar-refractivity contribution in [2.24, 2.45) is 0 Å². The van der Waals surface area contributed by atoms with Crippen LogP contribution in [-0.2, 0) is 13.0 Å². The monoisotopic (exact) mass is 222 g/mol. The summed E-state index contributed by atoms with van der Waals surface area (Å²) in [7, 11) is 0. The first-order chi connectivity index (χ1) is 7.22. The Kier molecular flexibility index (Phi) is 3.07. The Hall–Kier alpha value is -0.870. The molecule has 80 valence electrons. The minimum atomic E-state index is 0.0610. The van der Waals surface area contributed by atoms with Crippen molar-refractivity contribution in [3.05, 3.63) is 22.9 Å². The molecule has 0 spiro atoms. The second kappa shape index (κ2) is 4.33. The zero-order valence-corrected chi connectivity index (χ0v) is 9.78. The molecule has 0 saturated heterocycles. The Morgan fingerprint density at radius 1 is 1.60 bits per heavy atom. The van der Waals surface area contributed by atoms with Gasteiger partial charge in [-0.2, -0.15) is 0 Å². The topological polar surface area (TPSA) is 42.0 Å². The number of carbonyl (C=O) groups excluding carboxylic acids is 1. The molecular formula is C11H14N2OS. The number of carbonyl (C=O) groups is 1. The molecule has 0 saturated carbocycles. The molecule has 0 amide bonds. The van der Waals surface area contributed by atoms with Crippen LogP contribution in [0.3, 0.4) is 0 Å². The number of fused-ring (bicyclic) bond motifs is 1. The zero-order valence-electron chi connectivity index (χ0n) is 8.96. The summed E-state index contributed by atoms with van der Waals surface area (Å²) < 4.78 is 0. The van der Waals surface area contributed by atoms with Gasteiger partial charge < -0.3 is 5.32 Å². The lowest BCUT2D eigenvalue weighted by Gasteiger charge is -2.19. The minimum Gasteiger partial charge on any atom is -0.312 e. The van der Waals surface area contributed by atoms with Gasteiger partial charge in [0.1, 0.15) is 5.69 Å². The predicted octanol–water partition coefficient (Wildman–Crippen LogP) is 1.65. The second-order valence-electron chi connectivity index (χ2n) is 3.63. The van der Waals surface area contributed by atoms with Crippen molar-refractivity contribution in [3.8, 4) is 0 Å². The molecule has 0 bridgehead atoms.